The van der Waals surface area contributed by atoms with E-state index in [9.17, 15) is 9.90 Å². The number of nitrogens with zero attached hydrogens (tertiary/aromatic N) is 1. The minimum Gasteiger partial charge on any atom is -0.543 e. The average molecular weight is 149 g/mol. The molecule has 0 aliphatic heterocycles. The van der Waals surface area contributed by atoms with Crippen LogP contribution in [0.25, 0.3) is 0 Å². The Morgan fingerprint density at radius 2 is 2.40 bits per heavy atom. The molecule has 0 bridgehead atoms. The molecule has 0 aliphatic carbocycles. The predicted octanol–water partition coefficient (Wildman–Crippen LogP) is -3.65. The Balaban J connectivity index is 0.000000810. The van der Waals surface area contributed by atoms with Gasteiger partial charge in [-0.2, -0.15) is 0 Å². The summed E-state index contributed by atoms with van der Waals surface area (Å²) < 4.78 is 4.45. The summed E-state index contributed by atoms with van der Waals surface area (Å²) in [4.78, 5) is 9.98. The first-order valence-electron chi connectivity index (χ1n) is 2.35. The largest absolute Gasteiger partial charge is 1.00 e. The number of carboxylic acids is 1. The molecule has 0 atom stereocenters. The number of carbonyl (C=O) groups excluding carboxylic acids is 1. The summed E-state index contributed by atoms with van der Waals surface area (Å²) >= 11 is 0. The van der Waals surface area contributed by atoms with E-state index in [2.05, 4.69) is 9.68 Å². The van der Waals surface area contributed by atoms with E-state index in [1.165, 1.54) is 6.07 Å². The summed E-state index contributed by atoms with van der Waals surface area (Å²) in [6, 6.07) is 1.30. The van der Waals surface area contributed by atoms with Crippen LogP contribution in [-0.2, 0) is 0 Å². The summed E-state index contributed by atoms with van der Waals surface area (Å²) in [6.45, 7) is 1.61. The molecule has 0 aromatic carbocycles. The van der Waals surface area contributed by atoms with Gasteiger partial charge in [0.1, 0.15) is 11.5 Å². The molecule has 0 unspecified atom stereocenters. The molecule has 1 aromatic heterocycles. The van der Waals surface area contributed by atoms with E-state index in [0.717, 1.165) is 0 Å². The molecule has 0 spiro atoms. The van der Waals surface area contributed by atoms with Crippen LogP contribution in [0.4, 0.5) is 0 Å². The zero-order chi connectivity index (χ0) is 6.85. The fourth-order valence-electron chi connectivity index (χ4n) is 0.463. The molecule has 10 heavy (non-hydrogen) atoms. The number of hydrogen-bond acceptors (Lipinski definition) is 4. The summed E-state index contributed by atoms with van der Waals surface area (Å²) in [7, 11) is 0. The number of carboxylic acid groups (broad SMARTS) is 1. The predicted molar refractivity (Wildman–Crippen MR) is 25.6 cm³/mol. The van der Waals surface area contributed by atoms with Crippen LogP contribution in [0.3, 0.4) is 0 Å². The number of carbonyl (C=O) groups is 1. The number of aryl methyl sites for hydroxylation is 1. The quantitative estimate of drug-likeness (QED) is 0.386. The average Bonchev–Trinajstić information content (AvgIpc) is 2.14. The van der Waals surface area contributed by atoms with Crippen LogP contribution >= 0.6 is 0 Å². The Hall–Kier alpha value is -0.320. The monoisotopic (exact) mass is 149 g/mol. The van der Waals surface area contributed by atoms with Crippen LogP contribution in [-0.4, -0.2) is 11.1 Å². The Morgan fingerprint density at radius 3 is 2.60 bits per heavy atom. The third-order valence-corrected chi connectivity index (χ3v) is 0.837. The smallest absolute Gasteiger partial charge is 0.543 e. The molecule has 0 saturated carbocycles. The standard InChI is InChI=1S/C5H5NO3.Na/c1-3-2-4(5(7)8)6-9-3;/h2H,1H3,(H,7,8);/q;+1/p-1. The molecule has 0 amide bonds. The van der Waals surface area contributed by atoms with Crippen molar-refractivity contribution in [2.45, 2.75) is 6.92 Å². The van der Waals surface area contributed by atoms with Crippen molar-refractivity contribution in [1.82, 2.24) is 5.16 Å². The van der Waals surface area contributed by atoms with Crippen LogP contribution in [0.2, 0.25) is 0 Å². The van der Waals surface area contributed by atoms with E-state index in [-0.39, 0.29) is 35.3 Å². The molecule has 0 aliphatic rings. The van der Waals surface area contributed by atoms with Gasteiger partial charge in [0.05, 0.1) is 5.97 Å². The third kappa shape index (κ3) is 2.13. The maximum Gasteiger partial charge on any atom is 1.00 e. The van der Waals surface area contributed by atoms with E-state index in [1.807, 2.05) is 0 Å². The first-order chi connectivity index (χ1) is 4.20. The summed E-state index contributed by atoms with van der Waals surface area (Å²) in [5.41, 5.74) is -0.160. The topological polar surface area (TPSA) is 66.2 Å². The summed E-state index contributed by atoms with van der Waals surface area (Å²) in [6.07, 6.45) is 0. The number of aromatic nitrogens is 1. The summed E-state index contributed by atoms with van der Waals surface area (Å²) in [5, 5.41) is 13.2. The molecule has 48 valence electrons. The van der Waals surface area contributed by atoms with Crippen molar-refractivity contribution in [3.8, 4) is 0 Å². The van der Waals surface area contributed by atoms with E-state index >= 15 is 0 Å². The van der Waals surface area contributed by atoms with E-state index in [0.29, 0.717) is 5.76 Å². The van der Waals surface area contributed by atoms with Gasteiger partial charge in [-0.15, -0.1) is 0 Å². The number of aromatic carboxylic acids is 1. The van der Waals surface area contributed by atoms with Crippen molar-refractivity contribution in [1.29, 1.82) is 0 Å². The van der Waals surface area contributed by atoms with Gasteiger partial charge in [-0.3, -0.25) is 0 Å². The van der Waals surface area contributed by atoms with Gasteiger partial charge in [-0.1, -0.05) is 5.16 Å². The number of hydrogen-bond donors (Lipinski definition) is 0. The molecule has 1 heterocycles. The molecule has 0 radical (unpaired) electrons. The second-order valence-corrected chi connectivity index (χ2v) is 1.61. The van der Waals surface area contributed by atoms with Crippen molar-refractivity contribution < 1.29 is 44.0 Å². The van der Waals surface area contributed by atoms with Crippen LogP contribution < -0.4 is 34.7 Å². The van der Waals surface area contributed by atoms with Gasteiger partial charge in [0.2, 0.25) is 0 Å². The molecular weight excluding hydrogens is 145 g/mol. The molecule has 1 aromatic rings. The van der Waals surface area contributed by atoms with Gasteiger partial charge in [0.25, 0.3) is 0 Å². The zero-order valence-corrected chi connectivity index (χ0v) is 7.75. The van der Waals surface area contributed by atoms with Crippen molar-refractivity contribution in [3.05, 3.63) is 17.5 Å². The van der Waals surface area contributed by atoms with Crippen molar-refractivity contribution in [2.24, 2.45) is 0 Å². The van der Waals surface area contributed by atoms with E-state index in [1.54, 1.807) is 6.92 Å². The SMILES string of the molecule is Cc1cc(C(=O)[O-])no1.[Na+]. The Kier molecular flexibility index (Phi) is 3.63. The Bertz CT molecular complexity index is 233. The first kappa shape index (κ1) is 9.68. The van der Waals surface area contributed by atoms with Crippen LogP contribution in [0.15, 0.2) is 10.6 Å². The van der Waals surface area contributed by atoms with E-state index < -0.39 is 5.97 Å². The van der Waals surface area contributed by atoms with Crippen molar-refractivity contribution in [3.63, 3.8) is 0 Å². The molecule has 0 N–H and O–H groups in total. The molecular formula is C5H4NNaO3. The summed E-state index contributed by atoms with van der Waals surface area (Å²) in [5.74, 6) is -0.846. The van der Waals surface area contributed by atoms with Crippen molar-refractivity contribution >= 4 is 5.97 Å². The van der Waals surface area contributed by atoms with Gasteiger partial charge in [-0.05, 0) is 6.92 Å². The van der Waals surface area contributed by atoms with Gasteiger partial charge in [0.15, 0.2) is 0 Å². The molecule has 4 nitrogen and oxygen atoms in total. The molecule has 1 rings (SSSR count). The third-order valence-electron chi connectivity index (χ3n) is 0.837. The van der Waals surface area contributed by atoms with Gasteiger partial charge >= 0.3 is 29.6 Å². The molecule has 5 heteroatoms. The second kappa shape index (κ2) is 3.75. The van der Waals surface area contributed by atoms with Crippen LogP contribution in [0.5, 0.6) is 0 Å². The fraction of sp³-hybridized carbons (Fsp3) is 0.200. The van der Waals surface area contributed by atoms with Crippen LogP contribution in [0, 0.1) is 6.92 Å². The first-order valence-corrected chi connectivity index (χ1v) is 2.35. The Morgan fingerprint density at radius 1 is 1.80 bits per heavy atom. The fourth-order valence-corrected chi connectivity index (χ4v) is 0.463. The van der Waals surface area contributed by atoms with Gasteiger partial charge < -0.3 is 14.4 Å². The van der Waals surface area contributed by atoms with Crippen LogP contribution in [0.1, 0.15) is 16.2 Å². The maximum atomic E-state index is 9.98. The number of rotatable bonds is 1. The second-order valence-electron chi connectivity index (χ2n) is 1.61. The van der Waals surface area contributed by atoms with Gasteiger partial charge in [-0.25, -0.2) is 0 Å². The normalized spacial score (nSPS) is 8.50. The van der Waals surface area contributed by atoms with Gasteiger partial charge in [0, 0.05) is 6.07 Å². The zero-order valence-electron chi connectivity index (χ0n) is 5.75. The minimum absolute atomic E-state index is 0. The minimum atomic E-state index is -1.31. The molecule has 0 saturated heterocycles. The molecule has 0 fully saturated rings. The maximum absolute atomic E-state index is 9.98. The van der Waals surface area contributed by atoms with Crippen molar-refractivity contribution in [2.75, 3.05) is 0 Å². The van der Waals surface area contributed by atoms with E-state index in [4.69, 9.17) is 0 Å². The Labute approximate surface area is 79.5 Å².